The summed E-state index contributed by atoms with van der Waals surface area (Å²) in [5, 5.41) is 3.38. The van der Waals surface area contributed by atoms with Crippen molar-refractivity contribution < 1.29 is 4.74 Å². The molecule has 180 valence electrons. The van der Waals surface area contributed by atoms with E-state index in [0.29, 0.717) is 6.61 Å². The van der Waals surface area contributed by atoms with Crippen LogP contribution in [0, 0.1) is 6.92 Å². The third kappa shape index (κ3) is 5.51. The number of rotatable bonds is 10. The highest BCUT2D eigenvalue weighted by Crippen LogP contribution is 2.34. The highest BCUT2D eigenvalue weighted by molar-refractivity contribution is 5.70. The van der Waals surface area contributed by atoms with E-state index in [9.17, 15) is 0 Å². The van der Waals surface area contributed by atoms with Gasteiger partial charge in [0.15, 0.2) is 0 Å². The number of nitrogens with one attached hydrogen (secondary N) is 1. The Morgan fingerprint density at radius 3 is 2.41 bits per heavy atom. The van der Waals surface area contributed by atoms with E-state index in [1.54, 1.807) is 0 Å². The highest BCUT2D eigenvalue weighted by atomic mass is 16.5. The number of benzene rings is 2. The van der Waals surface area contributed by atoms with Gasteiger partial charge in [0.05, 0.1) is 5.69 Å². The summed E-state index contributed by atoms with van der Waals surface area (Å²) >= 11 is 0. The number of ether oxygens (including phenoxy) is 1. The molecule has 1 N–H and O–H groups in total. The van der Waals surface area contributed by atoms with Crippen molar-refractivity contribution in [3.8, 4) is 17.0 Å². The predicted octanol–water partition coefficient (Wildman–Crippen LogP) is 5.73. The zero-order chi connectivity index (χ0) is 23.9. The summed E-state index contributed by atoms with van der Waals surface area (Å²) < 4.78 is 6.41. The molecule has 1 aromatic heterocycles. The van der Waals surface area contributed by atoms with Gasteiger partial charge < -0.3 is 10.1 Å². The molecule has 0 atom stereocenters. The fraction of sp³-hybridized carbons (Fsp3) is 0.433. The lowest BCUT2D eigenvalue weighted by atomic mass is 9.94. The number of likely N-dealkylation sites (N-methyl/N-ethyl adjacent to an activating group) is 1. The number of aryl methyl sites for hydroxylation is 3. The third-order valence-corrected chi connectivity index (χ3v) is 6.92. The Bertz CT molecular complexity index is 1090. The van der Waals surface area contributed by atoms with Gasteiger partial charge in [0, 0.05) is 49.1 Å². The van der Waals surface area contributed by atoms with E-state index in [1.807, 2.05) is 0 Å². The second-order valence-corrected chi connectivity index (χ2v) is 9.16. The molecule has 0 saturated carbocycles. The Morgan fingerprint density at radius 1 is 0.971 bits per heavy atom. The zero-order valence-corrected chi connectivity index (χ0v) is 21.3. The lowest BCUT2D eigenvalue weighted by Crippen LogP contribution is -2.30. The van der Waals surface area contributed by atoms with Gasteiger partial charge in [-0.2, -0.15) is 0 Å². The topological polar surface area (TPSA) is 37.4 Å². The van der Waals surface area contributed by atoms with Crippen molar-refractivity contribution in [2.75, 3.05) is 26.2 Å². The first-order valence-electron chi connectivity index (χ1n) is 12.9. The van der Waals surface area contributed by atoms with Gasteiger partial charge in [-0.3, -0.25) is 9.88 Å². The lowest BCUT2D eigenvalue weighted by molar-refractivity contribution is 0.237. The minimum atomic E-state index is 0.655. The Labute approximate surface area is 205 Å². The molecule has 1 aliphatic rings. The summed E-state index contributed by atoms with van der Waals surface area (Å²) in [6.45, 7) is 14.1. The van der Waals surface area contributed by atoms with E-state index in [1.165, 1.54) is 33.4 Å². The first kappa shape index (κ1) is 24.4. The third-order valence-electron chi connectivity index (χ3n) is 6.92. The van der Waals surface area contributed by atoms with Crippen LogP contribution in [0.25, 0.3) is 11.3 Å². The Hall–Kier alpha value is -2.69. The van der Waals surface area contributed by atoms with Gasteiger partial charge in [-0.25, -0.2) is 0 Å². The van der Waals surface area contributed by atoms with Gasteiger partial charge in [0.1, 0.15) is 12.4 Å². The maximum absolute atomic E-state index is 6.41. The molecule has 3 aromatic rings. The average molecular weight is 458 g/mol. The molecule has 4 heteroatoms. The van der Waals surface area contributed by atoms with Crippen LogP contribution in [0.15, 0.2) is 48.5 Å². The number of hydrogen-bond donors (Lipinski definition) is 1. The maximum atomic E-state index is 6.41. The predicted molar refractivity (Wildman–Crippen MR) is 141 cm³/mol. The zero-order valence-electron chi connectivity index (χ0n) is 21.3. The number of aromatic nitrogens is 1. The summed E-state index contributed by atoms with van der Waals surface area (Å²) in [7, 11) is 0. The van der Waals surface area contributed by atoms with E-state index in [-0.39, 0.29) is 0 Å². The van der Waals surface area contributed by atoms with Crippen LogP contribution in [-0.2, 0) is 32.4 Å². The van der Waals surface area contributed by atoms with Crippen LogP contribution in [0.5, 0.6) is 5.75 Å². The summed E-state index contributed by atoms with van der Waals surface area (Å²) in [5.74, 6) is 0.979. The summed E-state index contributed by atoms with van der Waals surface area (Å²) in [6, 6.07) is 17.7. The van der Waals surface area contributed by atoms with Gasteiger partial charge in [0.25, 0.3) is 0 Å². The van der Waals surface area contributed by atoms with Gasteiger partial charge in [-0.1, -0.05) is 63.2 Å². The van der Waals surface area contributed by atoms with Crippen molar-refractivity contribution in [3.63, 3.8) is 0 Å². The van der Waals surface area contributed by atoms with Crippen LogP contribution in [0.2, 0.25) is 0 Å². The molecule has 2 aromatic carbocycles. The number of nitrogens with zero attached hydrogens (tertiary/aromatic N) is 2. The summed E-state index contributed by atoms with van der Waals surface area (Å²) in [4.78, 5) is 7.68. The molecule has 0 unspecified atom stereocenters. The van der Waals surface area contributed by atoms with Crippen molar-refractivity contribution in [1.82, 2.24) is 15.2 Å². The van der Waals surface area contributed by atoms with E-state index < -0.39 is 0 Å². The SMILES string of the molecule is CCNCCOc1cc(-c2c(CC)cccc2CC)nc(C)c1CN1CCc2ccccc2C1. The molecular formula is C30H39N3O. The quantitative estimate of drug-likeness (QED) is 0.395. The first-order chi connectivity index (χ1) is 16.6. The molecule has 4 nitrogen and oxygen atoms in total. The monoisotopic (exact) mass is 457 g/mol. The van der Waals surface area contributed by atoms with Gasteiger partial charge in [0.2, 0.25) is 0 Å². The molecule has 1 aliphatic heterocycles. The van der Waals surface area contributed by atoms with Crippen LogP contribution in [0.3, 0.4) is 0 Å². The molecule has 0 fully saturated rings. The first-order valence-corrected chi connectivity index (χ1v) is 12.9. The van der Waals surface area contributed by atoms with Crippen molar-refractivity contribution in [3.05, 3.63) is 82.0 Å². The standard InChI is InChI=1S/C30H39N3O/c1-5-23-13-10-14-24(6-2)30(23)28-19-29(34-18-16-31-7-3)27(22(4)32-28)21-33-17-15-25-11-8-9-12-26(25)20-33/h8-14,19,31H,5-7,15-18,20-21H2,1-4H3. The van der Waals surface area contributed by atoms with Gasteiger partial charge in [-0.05, 0) is 55.0 Å². The molecule has 0 amide bonds. The summed E-state index contributed by atoms with van der Waals surface area (Å²) in [6.07, 6.45) is 3.09. The van der Waals surface area contributed by atoms with Crippen molar-refractivity contribution >= 4 is 0 Å². The lowest BCUT2D eigenvalue weighted by Gasteiger charge is -2.30. The normalized spacial score (nSPS) is 13.6. The van der Waals surface area contributed by atoms with Crippen LogP contribution >= 0.6 is 0 Å². The maximum Gasteiger partial charge on any atom is 0.127 e. The van der Waals surface area contributed by atoms with Crippen LogP contribution < -0.4 is 10.1 Å². The number of hydrogen-bond acceptors (Lipinski definition) is 4. The van der Waals surface area contributed by atoms with Crippen molar-refractivity contribution in [2.24, 2.45) is 0 Å². The van der Waals surface area contributed by atoms with E-state index in [2.05, 4.69) is 86.4 Å². The Kier molecular flexibility index (Phi) is 8.36. The number of fused-ring (bicyclic) bond motifs is 1. The van der Waals surface area contributed by atoms with E-state index in [4.69, 9.17) is 9.72 Å². The second-order valence-electron chi connectivity index (χ2n) is 9.16. The fourth-order valence-electron chi connectivity index (χ4n) is 5.01. The van der Waals surface area contributed by atoms with Crippen molar-refractivity contribution in [2.45, 2.75) is 60.0 Å². The van der Waals surface area contributed by atoms with Crippen LogP contribution in [-0.4, -0.2) is 36.1 Å². The van der Waals surface area contributed by atoms with Gasteiger partial charge >= 0.3 is 0 Å². The second kappa shape index (κ2) is 11.6. The van der Waals surface area contributed by atoms with Crippen LogP contribution in [0.4, 0.5) is 0 Å². The van der Waals surface area contributed by atoms with Crippen molar-refractivity contribution in [1.29, 1.82) is 0 Å². The minimum absolute atomic E-state index is 0.655. The Balaban J connectivity index is 1.68. The van der Waals surface area contributed by atoms with Crippen LogP contribution in [0.1, 0.15) is 54.3 Å². The fourth-order valence-corrected chi connectivity index (χ4v) is 5.01. The minimum Gasteiger partial charge on any atom is -0.492 e. The number of pyridine rings is 1. The van der Waals surface area contributed by atoms with E-state index >= 15 is 0 Å². The molecule has 0 radical (unpaired) electrons. The Morgan fingerprint density at radius 2 is 1.71 bits per heavy atom. The largest absolute Gasteiger partial charge is 0.492 e. The summed E-state index contributed by atoms with van der Waals surface area (Å²) in [5.41, 5.74) is 10.2. The molecule has 0 bridgehead atoms. The molecule has 0 aliphatic carbocycles. The highest BCUT2D eigenvalue weighted by Gasteiger charge is 2.21. The molecule has 0 saturated heterocycles. The average Bonchev–Trinajstić information content (AvgIpc) is 2.87. The molecular weight excluding hydrogens is 418 g/mol. The smallest absolute Gasteiger partial charge is 0.127 e. The molecule has 4 rings (SSSR count). The molecule has 34 heavy (non-hydrogen) atoms. The molecule has 2 heterocycles. The van der Waals surface area contributed by atoms with E-state index in [0.717, 1.165) is 69.1 Å². The molecule has 0 spiro atoms. The van der Waals surface area contributed by atoms with Gasteiger partial charge in [-0.15, -0.1) is 0 Å².